The average molecular weight is 445 g/mol. The lowest BCUT2D eigenvalue weighted by molar-refractivity contribution is -0.0500. The molecule has 3 aromatic heterocycles. The largest absolute Gasteiger partial charge is 0.433 e. The highest BCUT2D eigenvalue weighted by Gasteiger charge is 2.17. The molecule has 4 heterocycles. The number of halogens is 2. The summed E-state index contributed by atoms with van der Waals surface area (Å²) in [7, 11) is 0. The first-order valence-electron chi connectivity index (χ1n) is 9.97. The molecule has 0 aliphatic carbocycles. The van der Waals surface area contributed by atoms with Gasteiger partial charge >= 0.3 is 6.61 Å². The molecule has 9 nitrogen and oxygen atoms in total. The predicted molar refractivity (Wildman–Crippen MR) is 112 cm³/mol. The molecule has 1 amide bonds. The molecule has 2 N–H and O–H groups in total. The summed E-state index contributed by atoms with van der Waals surface area (Å²) in [6, 6.07) is 6.02. The van der Waals surface area contributed by atoms with Gasteiger partial charge in [0.25, 0.3) is 11.5 Å². The van der Waals surface area contributed by atoms with Crippen molar-refractivity contribution in [1.29, 1.82) is 0 Å². The van der Waals surface area contributed by atoms with Crippen LogP contribution in [0.15, 0.2) is 41.5 Å². The monoisotopic (exact) mass is 445 g/mol. The lowest BCUT2D eigenvalue weighted by atomic mass is 10.1. The van der Waals surface area contributed by atoms with E-state index in [1.54, 1.807) is 6.07 Å². The summed E-state index contributed by atoms with van der Waals surface area (Å²) in [6.07, 6.45) is 2.72. The molecule has 1 aliphatic rings. The molecule has 0 aromatic carbocycles. The van der Waals surface area contributed by atoms with Crippen molar-refractivity contribution < 1.29 is 23.0 Å². The summed E-state index contributed by atoms with van der Waals surface area (Å²) in [5.74, 6) is -0.889. The third kappa shape index (κ3) is 4.73. The molecule has 0 atom stereocenters. The van der Waals surface area contributed by atoms with Crippen molar-refractivity contribution in [3.63, 3.8) is 0 Å². The molecule has 168 valence electrons. The highest BCUT2D eigenvalue weighted by Crippen LogP contribution is 2.23. The number of pyridine rings is 3. The van der Waals surface area contributed by atoms with Crippen molar-refractivity contribution >= 4 is 16.9 Å². The zero-order chi connectivity index (χ0) is 22.7. The quantitative estimate of drug-likeness (QED) is 0.586. The van der Waals surface area contributed by atoms with Crippen LogP contribution in [0.1, 0.15) is 10.4 Å². The van der Waals surface area contributed by atoms with Gasteiger partial charge in [0.05, 0.1) is 25.1 Å². The summed E-state index contributed by atoms with van der Waals surface area (Å²) < 4.78 is 35.8. The fourth-order valence-electron chi connectivity index (χ4n) is 3.58. The topological polar surface area (TPSA) is 113 Å². The van der Waals surface area contributed by atoms with Crippen molar-refractivity contribution in [1.82, 2.24) is 19.4 Å². The van der Waals surface area contributed by atoms with E-state index >= 15 is 0 Å². The van der Waals surface area contributed by atoms with Crippen molar-refractivity contribution in [2.45, 2.75) is 13.2 Å². The molecule has 0 bridgehead atoms. The number of hydrogen-bond acceptors (Lipinski definition) is 7. The van der Waals surface area contributed by atoms with Crippen molar-refractivity contribution in [3.8, 4) is 17.0 Å². The van der Waals surface area contributed by atoms with Crippen LogP contribution in [0.4, 0.5) is 8.78 Å². The Morgan fingerprint density at radius 3 is 2.59 bits per heavy atom. The maximum atomic E-state index is 12.9. The van der Waals surface area contributed by atoms with Crippen molar-refractivity contribution in [2.75, 3.05) is 32.8 Å². The molecule has 4 rings (SSSR count). The number of alkyl halides is 2. The van der Waals surface area contributed by atoms with Gasteiger partial charge in [0, 0.05) is 43.3 Å². The Morgan fingerprint density at radius 2 is 1.94 bits per heavy atom. The van der Waals surface area contributed by atoms with Gasteiger partial charge in [0.2, 0.25) is 0 Å². The second-order valence-electron chi connectivity index (χ2n) is 7.23. The van der Waals surface area contributed by atoms with Gasteiger partial charge in [0.1, 0.15) is 17.0 Å². The molecule has 32 heavy (non-hydrogen) atoms. The molecular weight excluding hydrogens is 424 g/mol. The Bertz CT molecular complexity index is 1180. The van der Waals surface area contributed by atoms with E-state index in [0.29, 0.717) is 48.6 Å². The van der Waals surface area contributed by atoms with Gasteiger partial charge < -0.3 is 15.2 Å². The number of hydrogen-bond donors (Lipinski definition) is 1. The first-order valence-corrected chi connectivity index (χ1v) is 9.97. The third-order valence-corrected chi connectivity index (χ3v) is 5.19. The van der Waals surface area contributed by atoms with Crippen LogP contribution in [-0.2, 0) is 11.3 Å². The summed E-state index contributed by atoms with van der Waals surface area (Å²) in [4.78, 5) is 35.5. The SMILES string of the molecule is NC(=O)c1cc2cc(-c3ccc(OC(F)F)cn3)cnc2n(CCN2CCOCC2)c1=O. The number of ether oxygens (including phenoxy) is 2. The standard InChI is InChI=1S/C21H21F2N5O4/c22-21(23)32-15-1-2-17(25-12-15)14-9-13-10-16(18(24)29)20(30)28(19(13)26-11-14)4-3-27-5-7-31-8-6-27/h1-2,9-12,21H,3-8H2,(H2,24,29). The molecule has 0 radical (unpaired) electrons. The highest BCUT2D eigenvalue weighted by atomic mass is 19.3. The number of nitrogens with zero attached hydrogens (tertiary/aromatic N) is 4. The van der Waals surface area contributed by atoms with Crippen LogP contribution < -0.4 is 16.0 Å². The molecule has 11 heteroatoms. The zero-order valence-corrected chi connectivity index (χ0v) is 17.0. The number of rotatable bonds is 7. The van der Waals surface area contributed by atoms with Gasteiger partial charge in [-0.25, -0.2) is 4.98 Å². The molecule has 3 aromatic rings. The van der Waals surface area contributed by atoms with E-state index in [0.717, 1.165) is 13.1 Å². The predicted octanol–water partition coefficient (Wildman–Crippen LogP) is 1.49. The number of carbonyl (C=O) groups is 1. The minimum Gasteiger partial charge on any atom is -0.433 e. The van der Waals surface area contributed by atoms with Gasteiger partial charge in [-0.3, -0.25) is 24.0 Å². The van der Waals surface area contributed by atoms with E-state index in [9.17, 15) is 18.4 Å². The third-order valence-electron chi connectivity index (χ3n) is 5.19. The number of amides is 1. The average Bonchev–Trinajstić information content (AvgIpc) is 2.78. The maximum Gasteiger partial charge on any atom is 0.387 e. The Morgan fingerprint density at radius 1 is 1.16 bits per heavy atom. The lowest BCUT2D eigenvalue weighted by Crippen LogP contribution is -2.40. The smallest absolute Gasteiger partial charge is 0.387 e. The summed E-state index contributed by atoms with van der Waals surface area (Å²) in [5, 5.41) is 0.535. The fraction of sp³-hybridized carbons (Fsp3) is 0.333. The minimum absolute atomic E-state index is 0.0644. The molecule has 1 aliphatic heterocycles. The van der Waals surface area contributed by atoms with Crippen LogP contribution in [0, 0.1) is 0 Å². The van der Waals surface area contributed by atoms with Crippen LogP contribution in [-0.4, -0.2) is 64.8 Å². The van der Waals surface area contributed by atoms with E-state index in [1.807, 2.05) is 0 Å². The molecule has 0 spiro atoms. The van der Waals surface area contributed by atoms with Gasteiger partial charge in [-0.15, -0.1) is 0 Å². The van der Waals surface area contributed by atoms with Crippen LogP contribution in [0.5, 0.6) is 5.75 Å². The molecule has 1 fully saturated rings. The van der Waals surface area contributed by atoms with Gasteiger partial charge in [-0.2, -0.15) is 8.78 Å². The van der Waals surface area contributed by atoms with E-state index in [2.05, 4.69) is 19.6 Å². The molecular formula is C21H21F2N5O4. The first-order chi connectivity index (χ1) is 15.4. The number of nitrogens with two attached hydrogens (primary N) is 1. The Balaban J connectivity index is 1.69. The second kappa shape index (κ2) is 9.37. The zero-order valence-electron chi connectivity index (χ0n) is 17.0. The number of primary amides is 1. The summed E-state index contributed by atoms with van der Waals surface area (Å²) >= 11 is 0. The number of fused-ring (bicyclic) bond motifs is 1. The van der Waals surface area contributed by atoms with E-state index < -0.39 is 18.1 Å². The Kier molecular flexibility index (Phi) is 6.37. The summed E-state index contributed by atoms with van der Waals surface area (Å²) in [6.45, 7) is 0.775. The van der Waals surface area contributed by atoms with Crippen LogP contribution in [0.2, 0.25) is 0 Å². The van der Waals surface area contributed by atoms with E-state index in [4.69, 9.17) is 10.5 Å². The molecule has 1 saturated heterocycles. The lowest BCUT2D eigenvalue weighted by Gasteiger charge is -2.26. The highest BCUT2D eigenvalue weighted by molar-refractivity contribution is 5.96. The normalized spacial score (nSPS) is 14.7. The van der Waals surface area contributed by atoms with E-state index in [1.165, 1.54) is 35.2 Å². The van der Waals surface area contributed by atoms with Crippen LogP contribution in [0.25, 0.3) is 22.3 Å². The molecule has 0 unspecified atom stereocenters. The number of morpholine rings is 1. The summed E-state index contributed by atoms with van der Waals surface area (Å²) in [5.41, 5.74) is 6.26. The van der Waals surface area contributed by atoms with Gasteiger partial charge in [-0.1, -0.05) is 0 Å². The number of aromatic nitrogens is 3. The first kappa shape index (κ1) is 21.8. The Hall–Kier alpha value is -3.44. The minimum atomic E-state index is -2.94. The Labute approximate surface area is 181 Å². The van der Waals surface area contributed by atoms with Crippen LogP contribution in [0.3, 0.4) is 0 Å². The van der Waals surface area contributed by atoms with Crippen LogP contribution >= 0.6 is 0 Å². The van der Waals surface area contributed by atoms with Crippen molar-refractivity contribution in [3.05, 3.63) is 52.6 Å². The van der Waals surface area contributed by atoms with E-state index in [-0.39, 0.29) is 11.3 Å². The fourth-order valence-corrected chi connectivity index (χ4v) is 3.58. The van der Waals surface area contributed by atoms with Gasteiger partial charge in [-0.05, 0) is 24.3 Å². The van der Waals surface area contributed by atoms with Crippen molar-refractivity contribution in [2.24, 2.45) is 5.73 Å². The maximum absolute atomic E-state index is 12.9. The van der Waals surface area contributed by atoms with Gasteiger partial charge in [0.15, 0.2) is 0 Å². The second-order valence-corrected chi connectivity index (χ2v) is 7.23. The molecule has 0 saturated carbocycles. The number of carbonyl (C=O) groups excluding carboxylic acids is 1.